The highest BCUT2D eigenvalue weighted by atomic mass is 16.6. The Bertz CT molecular complexity index is 1710. The summed E-state index contributed by atoms with van der Waals surface area (Å²) < 4.78 is 0. The molecule has 1 aromatic heterocycles. The molecule has 0 radical (unpaired) electrons. The smallest absolute Gasteiger partial charge is 0.270 e. The average Bonchev–Trinajstić information content (AvgIpc) is 3.33. The van der Waals surface area contributed by atoms with Gasteiger partial charge in [0.05, 0.1) is 27.5 Å². The molecule has 1 saturated heterocycles. The Morgan fingerprint density at radius 1 is 0.927 bits per heavy atom. The number of hydrogen-bond donors (Lipinski definition) is 3. The van der Waals surface area contributed by atoms with Gasteiger partial charge in [-0.2, -0.15) is 0 Å². The highest BCUT2D eigenvalue weighted by Crippen LogP contribution is 2.35. The predicted octanol–water partition coefficient (Wildman–Crippen LogP) is 6.43. The van der Waals surface area contributed by atoms with Crippen LogP contribution in [0.5, 0.6) is 5.88 Å². The highest BCUT2D eigenvalue weighted by Gasteiger charge is 2.33. The molecule has 3 N–H and O–H groups in total. The van der Waals surface area contributed by atoms with Gasteiger partial charge in [0.1, 0.15) is 0 Å². The SMILES string of the molecule is O=[N+]([O-])c1ccc2[nH]c(O)c(C(=Nc3ccc(CN4CCC(O)(c5ccccc5)CC4)cc3)c3ccccc3)c2c1. The molecule has 0 spiro atoms. The molecule has 1 aliphatic rings. The van der Waals surface area contributed by atoms with Gasteiger partial charge in [0.25, 0.3) is 5.69 Å². The van der Waals surface area contributed by atoms with Gasteiger partial charge in [-0.05, 0) is 42.2 Å². The van der Waals surface area contributed by atoms with Crippen molar-refractivity contribution in [1.29, 1.82) is 0 Å². The number of piperidine rings is 1. The van der Waals surface area contributed by atoms with Gasteiger partial charge in [0.2, 0.25) is 0 Å². The number of likely N-dealkylation sites (tertiary alicyclic amines) is 1. The molecule has 0 bridgehead atoms. The Morgan fingerprint density at radius 2 is 1.59 bits per heavy atom. The first-order valence-electron chi connectivity index (χ1n) is 13.6. The van der Waals surface area contributed by atoms with E-state index in [0.717, 1.165) is 36.3 Å². The minimum Gasteiger partial charge on any atom is -0.494 e. The zero-order chi connectivity index (χ0) is 28.4. The molecule has 4 aromatic carbocycles. The number of aromatic amines is 1. The number of nitrogens with one attached hydrogen (secondary N) is 1. The molecule has 0 saturated carbocycles. The number of aliphatic hydroxyl groups is 1. The number of nitrogens with zero attached hydrogens (tertiary/aromatic N) is 3. The second kappa shape index (κ2) is 11.0. The Morgan fingerprint density at radius 3 is 2.24 bits per heavy atom. The quantitative estimate of drug-likeness (QED) is 0.124. The maximum absolute atomic E-state index is 11.5. The van der Waals surface area contributed by atoms with E-state index in [9.17, 15) is 20.3 Å². The number of aliphatic imine (C=N–C) groups is 1. The molecule has 6 rings (SSSR count). The molecular formula is C33H30N4O4. The molecule has 0 aliphatic carbocycles. The lowest BCUT2D eigenvalue weighted by molar-refractivity contribution is -0.384. The van der Waals surface area contributed by atoms with Gasteiger partial charge in [-0.3, -0.25) is 15.0 Å². The van der Waals surface area contributed by atoms with Crippen molar-refractivity contribution in [1.82, 2.24) is 9.88 Å². The van der Waals surface area contributed by atoms with E-state index < -0.39 is 10.5 Å². The van der Waals surface area contributed by atoms with Gasteiger partial charge in [-0.15, -0.1) is 0 Å². The number of H-pyrrole nitrogens is 1. The number of aromatic nitrogens is 1. The number of non-ortho nitro benzene ring substituents is 1. The summed E-state index contributed by atoms with van der Waals surface area (Å²) in [6.07, 6.45) is 1.37. The summed E-state index contributed by atoms with van der Waals surface area (Å²) >= 11 is 0. The fourth-order valence-corrected chi connectivity index (χ4v) is 5.56. The fraction of sp³-hybridized carbons (Fsp3) is 0.182. The zero-order valence-corrected chi connectivity index (χ0v) is 22.4. The first-order valence-corrected chi connectivity index (χ1v) is 13.6. The number of aromatic hydroxyl groups is 1. The van der Waals surface area contributed by atoms with E-state index in [1.165, 1.54) is 12.1 Å². The lowest BCUT2D eigenvalue weighted by atomic mass is 9.84. The summed E-state index contributed by atoms with van der Waals surface area (Å²) in [6.45, 7) is 2.37. The van der Waals surface area contributed by atoms with Crippen LogP contribution < -0.4 is 0 Å². The fourth-order valence-electron chi connectivity index (χ4n) is 5.56. The van der Waals surface area contributed by atoms with Crippen LogP contribution in [0.3, 0.4) is 0 Å². The molecule has 1 fully saturated rings. The summed E-state index contributed by atoms with van der Waals surface area (Å²) in [5.41, 5.74) is 4.27. The van der Waals surface area contributed by atoms with Crippen molar-refractivity contribution >= 4 is 28.0 Å². The molecule has 2 heterocycles. The molecule has 41 heavy (non-hydrogen) atoms. The maximum atomic E-state index is 11.5. The topological polar surface area (TPSA) is 115 Å². The third-order valence-electron chi connectivity index (χ3n) is 7.83. The second-order valence-electron chi connectivity index (χ2n) is 10.5. The van der Waals surface area contributed by atoms with Crippen molar-refractivity contribution in [3.8, 4) is 5.88 Å². The number of nitro groups is 1. The van der Waals surface area contributed by atoms with E-state index >= 15 is 0 Å². The Hall–Kier alpha value is -4.79. The molecule has 0 amide bonds. The molecule has 8 heteroatoms. The number of hydrogen-bond acceptors (Lipinski definition) is 6. The van der Waals surface area contributed by atoms with Crippen LogP contribution in [0.2, 0.25) is 0 Å². The van der Waals surface area contributed by atoms with Crippen LogP contribution in [0.25, 0.3) is 10.9 Å². The van der Waals surface area contributed by atoms with Gasteiger partial charge in [-0.25, -0.2) is 4.99 Å². The normalized spacial score (nSPS) is 15.7. The number of rotatable bonds is 7. The van der Waals surface area contributed by atoms with Crippen LogP contribution in [0.1, 0.15) is 35.1 Å². The van der Waals surface area contributed by atoms with Crippen molar-refractivity contribution in [3.63, 3.8) is 0 Å². The average molecular weight is 547 g/mol. The Labute approximate surface area is 237 Å². The van der Waals surface area contributed by atoms with Crippen LogP contribution in [-0.2, 0) is 12.1 Å². The monoisotopic (exact) mass is 546 g/mol. The second-order valence-corrected chi connectivity index (χ2v) is 10.5. The minimum absolute atomic E-state index is 0.0607. The van der Waals surface area contributed by atoms with E-state index in [2.05, 4.69) is 9.88 Å². The van der Waals surface area contributed by atoms with Gasteiger partial charge in [0, 0.05) is 48.2 Å². The van der Waals surface area contributed by atoms with Crippen molar-refractivity contribution in [2.45, 2.75) is 25.0 Å². The van der Waals surface area contributed by atoms with Crippen LogP contribution in [0, 0.1) is 10.1 Å². The lowest BCUT2D eigenvalue weighted by Crippen LogP contribution is -2.42. The minimum atomic E-state index is -0.779. The first-order chi connectivity index (χ1) is 19.9. The summed E-state index contributed by atoms with van der Waals surface area (Å²) in [5.74, 6) is -0.0970. The van der Waals surface area contributed by atoms with Crippen LogP contribution >= 0.6 is 0 Å². The van der Waals surface area contributed by atoms with Gasteiger partial charge < -0.3 is 15.2 Å². The van der Waals surface area contributed by atoms with Crippen molar-refractivity contribution in [2.75, 3.05) is 13.1 Å². The maximum Gasteiger partial charge on any atom is 0.270 e. The standard InChI is InChI=1S/C33H30N4O4/c38-32-30(28-21-27(37(40)41)15-16-29(28)35-32)31(24-7-3-1-4-8-24)34-26-13-11-23(12-14-26)22-36-19-17-33(39,18-20-36)25-9-5-2-6-10-25/h1-16,21,35,38-39H,17-20,22H2. The third-order valence-corrected chi connectivity index (χ3v) is 7.83. The van der Waals surface area contributed by atoms with Gasteiger partial charge in [-0.1, -0.05) is 72.8 Å². The lowest BCUT2D eigenvalue weighted by Gasteiger charge is -2.38. The summed E-state index contributed by atoms with van der Waals surface area (Å²) in [7, 11) is 0. The molecule has 0 unspecified atom stereocenters. The molecule has 1 aliphatic heterocycles. The van der Waals surface area contributed by atoms with Gasteiger partial charge in [0.15, 0.2) is 5.88 Å². The summed E-state index contributed by atoms with van der Waals surface area (Å²) in [6, 6.07) is 31.8. The predicted molar refractivity (Wildman–Crippen MR) is 160 cm³/mol. The first kappa shape index (κ1) is 26.4. The zero-order valence-electron chi connectivity index (χ0n) is 22.4. The van der Waals surface area contributed by atoms with E-state index in [-0.39, 0.29) is 11.6 Å². The van der Waals surface area contributed by atoms with E-state index in [0.29, 0.717) is 40.7 Å². The third kappa shape index (κ3) is 5.48. The molecule has 5 aromatic rings. The summed E-state index contributed by atoms with van der Waals surface area (Å²) in [4.78, 5) is 21.2. The van der Waals surface area contributed by atoms with Crippen molar-refractivity contribution < 1.29 is 15.1 Å². The Balaban J connectivity index is 1.26. The number of benzene rings is 4. The number of fused-ring (bicyclic) bond motifs is 1. The summed E-state index contributed by atoms with van der Waals surface area (Å²) in [5, 5.41) is 34.0. The van der Waals surface area contributed by atoms with Crippen LogP contribution in [-0.4, -0.2) is 43.8 Å². The van der Waals surface area contributed by atoms with E-state index in [1.807, 2.05) is 84.9 Å². The highest BCUT2D eigenvalue weighted by molar-refractivity contribution is 6.22. The largest absolute Gasteiger partial charge is 0.494 e. The Kier molecular flexibility index (Phi) is 7.09. The van der Waals surface area contributed by atoms with Gasteiger partial charge >= 0.3 is 0 Å². The molecule has 206 valence electrons. The van der Waals surface area contributed by atoms with Crippen LogP contribution in [0.15, 0.2) is 108 Å². The molecular weight excluding hydrogens is 516 g/mol. The molecule has 8 nitrogen and oxygen atoms in total. The van der Waals surface area contributed by atoms with Crippen molar-refractivity contribution in [2.24, 2.45) is 4.99 Å². The molecule has 0 atom stereocenters. The van der Waals surface area contributed by atoms with E-state index in [4.69, 9.17) is 4.99 Å². The van der Waals surface area contributed by atoms with Crippen LogP contribution in [0.4, 0.5) is 11.4 Å². The number of nitro benzene ring substituents is 1. The van der Waals surface area contributed by atoms with E-state index in [1.54, 1.807) is 6.07 Å². The van der Waals surface area contributed by atoms with Crippen molar-refractivity contribution in [3.05, 3.63) is 135 Å².